The molecule has 32 heavy (non-hydrogen) atoms. The quantitative estimate of drug-likeness (QED) is 0.329. The number of amides is 1. The van der Waals surface area contributed by atoms with Gasteiger partial charge >= 0.3 is 0 Å². The number of furan rings is 1. The minimum Gasteiger partial charge on any atom is -0.450 e. The van der Waals surface area contributed by atoms with Gasteiger partial charge in [-0.15, -0.1) is 0 Å². The van der Waals surface area contributed by atoms with Crippen molar-refractivity contribution in [3.05, 3.63) is 100 Å². The van der Waals surface area contributed by atoms with E-state index in [1.54, 1.807) is 41.9 Å². The van der Waals surface area contributed by atoms with E-state index in [-0.39, 0.29) is 17.5 Å². The molecule has 0 bridgehead atoms. The summed E-state index contributed by atoms with van der Waals surface area (Å²) in [4.78, 5) is 26.5. The first-order chi connectivity index (χ1) is 15.4. The Morgan fingerprint density at radius 2 is 1.72 bits per heavy atom. The molecule has 0 unspecified atom stereocenters. The molecule has 0 spiro atoms. The van der Waals surface area contributed by atoms with E-state index in [0.717, 1.165) is 16.5 Å². The van der Waals surface area contributed by atoms with Crippen molar-refractivity contribution >= 4 is 50.9 Å². The van der Waals surface area contributed by atoms with Gasteiger partial charge in [0.2, 0.25) is 5.78 Å². The second-order valence-electron chi connectivity index (χ2n) is 7.74. The Bertz CT molecular complexity index is 1510. The number of fused-ring (bicyclic) bond motifs is 2. The Morgan fingerprint density at radius 3 is 2.50 bits per heavy atom. The van der Waals surface area contributed by atoms with Crippen LogP contribution in [0.5, 0.6) is 0 Å². The van der Waals surface area contributed by atoms with Crippen LogP contribution in [0.15, 0.2) is 77.2 Å². The van der Waals surface area contributed by atoms with E-state index < -0.39 is 0 Å². The monoisotopic (exact) mass is 442 g/mol. The van der Waals surface area contributed by atoms with Crippen molar-refractivity contribution in [2.45, 2.75) is 6.92 Å². The Kier molecular flexibility index (Phi) is 4.83. The average molecular weight is 443 g/mol. The molecule has 5 rings (SSSR count). The lowest BCUT2D eigenvalue weighted by atomic mass is 10.1. The highest BCUT2D eigenvalue weighted by molar-refractivity contribution is 6.31. The summed E-state index contributed by atoms with van der Waals surface area (Å²) in [5.74, 6) is -0.533. The van der Waals surface area contributed by atoms with Crippen LogP contribution in [-0.4, -0.2) is 16.3 Å². The summed E-state index contributed by atoms with van der Waals surface area (Å²) in [5, 5.41) is 5.08. The van der Waals surface area contributed by atoms with Crippen molar-refractivity contribution in [2.75, 3.05) is 5.32 Å². The molecule has 0 aliphatic heterocycles. The van der Waals surface area contributed by atoms with Gasteiger partial charge in [-0.1, -0.05) is 59.6 Å². The molecule has 0 fully saturated rings. The topological polar surface area (TPSA) is 64.2 Å². The van der Waals surface area contributed by atoms with Crippen molar-refractivity contribution in [2.24, 2.45) is 7.05 Å². The van der Waals surface area contributed by atoms with Crippen LogP contribution in [0.2, 0.25) is 5.02 Å². The number of rotatable bonds is 4. The number of nitrogens with zero attached hydrogens (tertiary/aromatic N) is 1. The maximum atomic E-state index is 13.3. The Hall–Kier alpha value is -3.83. The van der Waals surface area contributed by atoms with Crippen molar-refractivity contribution in [1.29, 1.82) is 0 Å². The van der Waals surface area contributed by atoms with Crippen LogP contribution in [0, 0.1) is 6.92 Å². The standard InChI is InChI=1S/C26H19ClN2O3/c1-15-7-9-16(10-8-15)24(30)25-23(19-5-3-4-6-22(19)32-25)28-26(31)21-13-17-11-12-18(27)14-20(17)29(21)2/h3-14H,1-2H3,(H,28,31). The predicted octanol–water partition coefficient (Wildman–Crippen LogP) is 6.37. The zero-order chi connectivity index (χ0) is 22.4. The SMILES string of the molecule is Cc1ccc(C(=O)c2oc3ccccc3c2NC(=O)c2cc3ccc(Cl)cc3n2C)cc1. The third kappa shape index (κ3) is 3.37. The number of carbonyl (C=O) groups is 2. The molecule has 3 aromatic carbocycles. The van der Waals surface area contributed by atoms with E-state index in [1.165, 1.54) is 0 Å². The molecule has 0 radical (unpaired) electrons. The summed E-state index contributed by atoms with van der Waals surface area (Å²) in [6, 6.07) is 21.8. The highest BCUT2D eigenvalue weighted by atomic mass is 35.5. The lowest BCUT2D eigenvalue weighted by molar-refractivity contribution is 0.101. The molecule has 1 N–H and O–H groups in total. The molecule has 5 nitrogen and oxygen atoms in total. The molecule has 0 aliphatic rings. The largest absolute Gasteiger partial charge is 0.450 e. The highest BCUT2D eigenvalue weighted by Gasteiger charge is 2.24. The highest BCUT2D eigenvalue weighted by Crippen LogP contribution is 2.33. The van der Waals surface area contributed by atoms with Crippen molar-refractivity contribution < 1.29 is 14.0 Å². The summed E-state index contributed by atoms with van der Waals surface area (Å²) in [6.07, 6.45) is 0. The number of aromatic nitrogens is 1. The number of nitrogens with one attached hydrogen (secondary N) is 1. The second kappa shape index (κ2) is 7.70. The lowest BCUT2D eigenvalue weighted by Gasteiger charge is -2.08. The zero-order valence-corrected chi connectivity index (χ0v) is 18.2. The number of hydrogen-bond donors (Lipinski definition) is 1. The summed E-state index contributed by atoms with van der Waals surface area (Å²) < 4.78 is 7.68. The number of carbonyl (C=O) groups excluding carboxylic acids is 2. The minimum absolute atomic E-state index is 0.102. The van der Waals surface area contributed by atoms with Gasteiger partial charge in [0.05, 0.1) is 5.69 Å². The van der Waals surface area contributed by atoms with Gasteiger partial charge in [-0.25, -0.2) is 0 Å². The molecule has 2 heterocycles. The molecule has 0 saturated carbocycles. The van der Waals surface area contributed by atoms with Crippen LogP contribution in [0.4, 0.5) is 5.69 Å². The maximum absolute atomic E-state index is 13.3. The normalized spacial score (nSPS) is 11.2. The predicted molar refractivity (Wildman–Crippen MR) is 127 cm³/mol. The molecule has 5 aromatic rings. The lowest BCUT2D eigenvalue weighted by Crippen LogP contribution is -2.17. The molecule has 0 atom stereocenters. The van der Waals surface area contributed by atoms with E-state index in [0.29, 0.717) is 32.9 Å². The van der Waals surface area contributed by atoms with Gasteiger partial charge in [-0.3, -0.25) is 9.59 Å². The fourth-order valence-corrected chi connectivity index (χ4v) is 4.03. The van der Waals surface area contributed by atoms with Gasteiger partial charge in [0.15, 0.2) is 5.76 Å². The van der Waals surface area contributed by atoms with Gasteiger partial charge in [0.25, 0.3) is 5.91 Å². The van der Waals surface area contributed by atoms with E-state index in [4.69, 9.17) is 16.0 Å². The first-order valence-corrected chi connectivity index (χ1v) is 10.5. The molecule has 1 amide bonds. The number of ketones is 1. The molecule has 0 aliphatic carbocycles. The zero-order valence-electron chi connectivity index (χ0n) is 17.5. The number of benzene rings is 3. The number of aryl methyl sites for hydroxylation is 2. The third-order valence-corrected chi connectivity index (χ3v) is 5.83. The van der Waals surface area contributed by atoms with Crippen LogP contribution in [0.3, 0.4) is 0 Å². The number of hydrogen-bond acceptors (Lipinski definition) is 3. The van der Waals surface area contributed by atoms with E-state index >= 15 is 0 Å². The fourth-order valence-electron chi connectivity index (χ4n) is 3.86. The first-order valence-electron chi connectivity index (χ1n) is 10.1. The number of para-hydroxylation sites is 1. The summed E-state index contributed by atoms with van der Waals surface area (Å²) in [6.45, 7) is 1.96. The van der Waals surface area contributed by atoms with Crippen LogP contribution >= 0.6 is 11.6 Å². The van der Waals surface area contributed by atoms with Crippen LogP contribution in [-0.2, 0) is 7.05 Å². The Labute approximate surface area is 189 Å². The molecule has 0 saturated heterocycles. The smallest absolute Gasteiger partial charge is 0.272 e. The third-order valence-electron chi connectivity index (χ3n) is 5.59. The average Bonchev–Trinajstić information content (AvgIpc) is 3.32. The molecule has 6 heteroatoms. The van der Waals surface area contributed by atoms with Crippen LogP contribution in [0.1, 0.15) is 32.2 Å². The van der Waals surface area contributed by atoms with Gasteiger partial charge < -0.3 is 14.3 Å². The molecule has 158 valence electrons. The Morgan fingerprint density at radius 1 is 0.969 bits per heavy atom. The van der Waals surface area contributed by atoms with Gasteiger partial charge in [0.1, 0.15) is 11.3 Å². The van der Waals surface area contributed by atoms with Crippen molar-refractivity contribution in [3.63, 3.8) is 0 Å². The fraction of sp³-hybridized carbons (Fsp3) is 0.0769. The van der Waals surface area contributed by atoms with Crippen molar-refractivity contribution in [3.8, 4) is 0 Å². The summed E-state index contributed by atoms with van der Waals surface area (Å²) >= 11 is 6.12. The molecular formula is C26H19ClN2O3. The first kappa shape index (κ1) is 20.1. The van der Waals surface area contributed by atoms with E-state index in [9.17, 15) is 9.59 Å². The van der Waals surface area contributed by atoms with E-state index in [1.807, 2.05) is 49.4 Å². The minimum atomic E-state index is -0.343. The molecular weight excluding hydrogens is 424 g/mol. The van der Waals surface area contributed by atoms with E-state index in [2.05, 4.69) is 5.32 Å². The molecule has 2 aromatic heterocycles. The van der Waals surface area contributed by atoms with Gasteiger partial charge in [-0.2, -0.15) is 0 Å². The van der Waals surface area contributed by atoms with Gasteiger partial charge in [-0.05, 0) is 37.3 Å². The summed E-state index contributed by atoms with van der Waals surface area (Å²) in [7, 11) is 1.80. The number of halogens is 1. The Balaban J connectivity index is 1.59. The second-order valence-corrected chi connectivity index (χ2v) is 8.18. The van der Waals surface area contributed by atoms with Crippen LogP contribution in [0.25, 0.3) is 21.9 Å². The van der Waals surface area contributed by atoms with Crippen molar-refractivity contribution in [1.82, 2.24) is 4.57 Å². The van der Waals surface area contributed by atoms with Gasteiger partial charge in [0, 0.05) is 33.9 Å². The van der Waals surface area contributed by atoms with Crippen LogP contribution < -0.4 is 5.32 Å². The number of anilines is 1. The summed E-state index contributed by atoms with van der Waals surface area (Å²) in [5.41, 5.74) is 3.72. The maximum Gasteiger partial charge on any atom is 0.272 e.